The summed E-state index contributed by atoms with van der Waals surface area (Å²) in [5, 5.41) is 0. The highest BCUT2D eigenvalue weighted by atomic mass is 16.5. The minimum atomic E-state index is 0.354. The number of carbonyl (C=O) groups is 1. The zero-order valence-corrected chi connectivity index (χ0v) is 14.1. The number of hydrogen-bond donors (Lipinski definition) is 0. The molecular weight excluding hydrogens is 278 g/mol. The zero-order chi connectivity index (χ0) is 16.1. The molecule has 4 nitrogen and oxygen atoms in total. The highest BCUT2D eigenvalue weighted by Crippen LogP contribution is 2.42. The van der Waals surface area contributed by atoms with Crippen LogP contribution in [0.15, 0.2) is 12.1 Å². The van der Waals surface area contributed by atoms with Gasteiger partial charge in [0, 0.05) is 18.2 Å². The predicted molar refractivity (Wildman–Crippen MR) is 87.6 cm³/mol. The molecule has 0 N–H and O–H groups in total. The van der Waals surface area contributed by atoms with Gasteiger partial charge in [0.05, 0.1) is 14.2 Å². The maximum atomic E-state index is 11.2. The Hall–Kier alpha value is -1.71. The van der Waals surface area contributed by atoms with E-state index in [1.54, 1.807) is 14.2 Å². The third kappa shape index (κ3) is 2.92. The molecule has 1 aliphatic carbocycles. The number of amides is 1. The molecular formula is C18H27NO3. The second-order valence-corrected chi connectivity index (χ2v) is 5.66. The maximum Gasteiger partial charge on any atom is 0.209 e. The molecule has 1 heterocycles. The minimum Gasteiger partial charge on any atom is -0.493 e. The fraction of sp³-hybridized carbons (Fsp3) is 0.611. The Morgan fingerprint density at radius 3 is 2.59 bits per heavy atom. The van der Waals surface area contributed by atoms with E-state index in [0.29, 0.717) is 12.0 Å². The number of benzene rings is 1. The van der Waals surface area contributed by atoms with E-state index in [1.807, 2.05) is 24.8 Å². The molecule has 0 spiro atoms. The van der Waals surface area contributed by atoms with E-state index in [2.05, 4.69) is 6.07 Å². The van der Waals surface area contributed by atoms with Crippen molar-refractivity contribution in [2.45, 2.75) is 45.6 Å². The molecule has 1 saturated heterocycles. The molecule has 1 aliphatic heterocycles. The van der Waals surface area contributed by atoms with Gasteiger partial charge in [0.2, 0.25) is 6.41 Å². The Morgan fingerprint density at radius 2 is 1.95 bits per heavy atom. The molecule has 1 fully saturated rings. The van der Waals surface area contributed by atoms with E-state index in [0.717, 1.165) is 43.7 Å². The summed E-state index contributed by atoms with van der Waals surface area (Å²) in [6, 6.07) is 4.43. The molecule has 2 atom stereocenters. The summed E-state index contributed by atoms with van der Waals surface area (Å²) in [6.45, 7) is 4.90. The lowest BCUT2D eigenvalue weighted by atomic mass is 9.75. The number of methoxy groups -OCH3 is 2. The molecule has 1 aromatic carbocycles. The number of ether oxygens (including phenoxy) is 2. The minimum absolute atomic E-state index is 0.354. The van der Waals surface area contributed by atoms with Gasteiger partial charge < -0.3 is 14.4 Å². The number of nitrogens with zero attached hydrogens (tertiary/aromatic N) is 1. The van der Waals surface area contributed by atoms with Gasteiger partial charge in [0.15, 0.2) is 11.5 Å². The first kappa shape index (κ1) is 16.7. The molecule has 3 rings (SSSR count). The van der Waals surface area contributed by atoms with Crippen molar-refractivity contribution in [2.24, 2.45) is 5.92 Å². The summed E-state index contributed by atoms with van der Waals surface area (Å²) < 4.78 is 10.9. The van der Waals surface area contributed by atoms with Gasteiger partial charge in [-0.15, -0.1) is 0 Å². The third-order valence-electron chi connectivity index (χ3n) is 4.74. The molecule has 22 heavy (non-hydrogen) atoms. The summed E-state index contributed by atoms with van der Waals surface area (Å²) in [6.07, 6.45) is 5.21. The predicted octanol–water partition coefficient (Wildman–Crippen LogP) is 3.07. The molecule has 1 aromatic rings. The summed E-state index contributed by atoms with van der Waals surface area (Å²) in [7, 11) is 3.37. The molecule has 2 unspecified atom stereocenters. The molecule has 0 saturated carbocycles. The molecule has 122 valence electrons. The van der Waals surface area contributed by atoms with Crippen LogP contribution in [0.2, 0.25) is 0 Å². The summed E-state index contributed by atoms with van der Waals surface area (Å²) >= 11 is 0. The third-order valence-corrected chi connectivity index (χ3v) is 4.74. The van der Waals surface area contributed by atoms with Crippen molar-refractivity contribution < 1.29 is 14.3 Å². The van der Waals surface area contributed by atoms with E-state index < -0.39 is 0 Å². The molecule has 0 aromatic heterocycles. The molecule has 4 heteroatoms. The van der Waals surface area contributed by atoms with Crippen molar-refractivity contribution >= 4 is 6.41 Å². The Kier molecular flexibility index (Phi) is 5.69. The maximum absolute atomic E-state index is 11.2. The number of rotatable bonds is 3. The average Bonchev–Trinajstić information content (AvgIpc) is 2.60. The van der Waals surface area contributed by atoms with Crippen molar-refractivity contribution in [2.75, 3.05) is 20.8 Å². The Labute approximate surface area is 133 Å². The van der Waals surface area contributed by atoms with Crippen LogP contribution in [-0.2, 0) is 17.6 Å². The standard InChI is InChI=1S/C16H21NO3.C2H6/c1-19-15-6-5-11-9-14-12(4-3-7-17(14)10-18)8-13(11)16(15)20-2;1-2/h5-6,10,12,14H,3-4,7-9H2,1-2H3;1-2H3. The van der Waals surface area contributed by atoms with Crippen LogP contribution in [0.4, 0.5) is 0 Å². The van der Waals surface area contributed by atoms with E-state index in [4.69, 9.17) is 9.47 Å². The van der Waals surface area contributed by atoms with Gasteiger partial charge in [-0.2, -0.15) is 0 Å². The van der Waals surface area contributed by atoms with Crippen molar-refractivity contribution in [3.05, 3.63) is 23.3 Å². The number of piperidine rings is 1. The Balaban J connectivity index is 0.000000847. The van der Waals surface area contributed by atoms with Crippen molar-refractivity contribution in [3.63, 3.8) is 0 Å². The SMILES string of the molecule is CC.COc1ccc2c(c1OC)CC1CCCN(C=O)C1C2. The van der Waals surface area contributed by atoms with Crippen LogP contribution in [0.25, 0.3) is 0 Å². The molecule has 1 amide bonds. The van der Waals surface area contributed by atoms with Crippen LogP contribution in [0.3, 0.4) is 0 Å². The lowest BCUT2D eigenvalue weighted by Crippen LogP contribution is -2.48. The lowest BCUT2D eigenvalue weighted by molar-refractivity contribution is -0.123. The molecule has 2 aliphatic rings. The normalized spacial score (nSPS) is 22.6. The van der Waals surface area contributed by atoms with Crippen LogP contribution in [0.1, 0.15) is 37.8 Å². The highest BCUT2D eigenvalue weighted by molar-refractivity contribution is 5.54. The second kappa shape index (κ2) is 7.52. The lowest BCUT2D eigenvalue weighted by Gasteiger charge is -2.43. The van der Waals surface area contributed by atoms with E-state index in [1.165, 1.54) is 17.5 Å². The first-order valence-electron chi connectivity index (χ1n) is 8.22. The summed E-state index contributed by atoms with van der Waals surface area (Å²) in [5.74, 6) is 2.21. The van der Waals surface area contributed by atoms with E-state index in [9.17, 15) is 4.79 Å². The second-order valence-electron chi connectivity index (χ2n) is 5.66. The van der Waals surface area contributed by atoms with Gasteiger partial charge in [0.1, 0.15) is 0 Å². The Bertz CT molecular complexity index is 515. The number of likely N-dealkylation sites (tertiary alicyclic amines) is 1. The first-order valence-corrected chi connectivity index (χ1v) is 8.22. The Morgan fingerprint density at radius 1 is 1.18 bits per heavy atom. The van der Waals surface area contributed by atoms with Gasteiger partial charge in [0.25, 0.3) is 0 Å². The van der Waals surface area contributed by atoms with Crippen molar-refractivity contribution in [1.29, 1.82) is 0 Å². The smallest absolute Gasteiger partial charge is 0.209 e. The van der Waals surface area contributed by atoms with Gasteiger partial charge >= 0.3 is 0 Å². The monoisotopic (exact) mass is 305 g/mol. The van der Waals surface area contributed by atoms with Gasteiger partial charge in [-0.1, -0.05) is 19.9 Å². The number of hydrogen-bond acceptors (Lipinski definition) is 3. The molecule has 0 radical (unpaired) electrons. The zero-order valence-electron chi connectivity index (χ0n) is 14.1. The highest BCUT2D eigenvalue weighted by Gasteiger charge is 2.36. The average molecular weight is 305 g/mol. The quantitative estimate of drug-likeness (QED) is 0.806. The fourth-order valence-corrected chi connectivity index (χ4v) is 3.75. The van der Waals surface area contributed by atoms with E-state index in [-0.39, 0.29) is 0 Å². The van der Waals surface area contributed by atoms with Crippen molar-refractivity contribution in [1.82, 2.24) is 4.90 Å². The van der Waals surface area contributed by atoms with Crippen LogP contribution in [-0.4, -0.2) is 38.1 Å². The van der Waals surface area contributed by atoms with Gasteiger partial charge in [-0.25, -0.2) is 0 Å². The van der Waals surface area contributed by atoms with Crippen LogP contribution in [0.5, 0.6) is 11.5 Å². The fourth-order valence-electron chi connectivity index (χ4n) is 3.75. The van der Waals surface area contributed by atoms with Crippen LogP contribution < -0.4 is 9.47 Å². The summed E-state index contributed by atoms with van der Waals surface area (Å²) in [4.78, 5) is 13.2. The summed E-state index contributed by atoms with van der Waals surface area (Å²) in [5.41, 5.74) is 2.55. The van der Waals surface area contributed by atoms with Crippen molar-refractivity contribution in [3.8, 4) is 11.5 Å². The topological polar surface area (TPSA) is 38.8 Å². The van der Waals surface area contributed by atoms with Crippen LogP contribution in [0, 0.1) is 5.92 Å². The van der Waals surface area contributed by atoms with Gasteiger partial charge in [-0.3, -0.25) is 4.79 Å². The van der Waals surface area contributed by atoms with Crippen LogP contribution >= 0.6 is 0 Å². The number of fused-ring (bicyclic) bond motifs is 2. The molecule has 0 bridgehead atoms. The number of carbonyl (C=O) groups excluding carboxylic acids is 1. The van der Waals surface area contributed by atoms with E-state index >= 15 is 0 Å². The first-order chi connectivity index (χ1) is 10.8. The largest absolute Gasteiger partial charge is 0.493 e. The van der Waals surface area contributed by atoms with Gasteiger partial charge in [-0.05, 0) is 43.2 Å².